The first-order valence-corrected chi connectivity index (χ1v) is 3.32. The van der Waals surface area contributed by atoms with Gasteiger partial charge in [-0.15, -0.1) is 0 Å². The summed E-state index contributed by atoms with van der Waals surface area (Å²) in [6.45, 7) is 1.26. The summed E-state index contributed by atoms with van der Waals surface area (Å²) in [5.74, 6) is -2.18. The Morgan fingerprint density at radius 2 is 2.27 bits per heavy atom. The third kappa shape index (κ3) is 1.48. The van der Waals surface area contributed by atoms with Gasteiger partial charge in [-0.1, -0.05) is 18.2 Å². The van der Waals surface area contributed by atoms with E-state index in [1.807, 2.05) is 0 Å². The van der Waals surface area contributed by atoms with Gasteiger partial charge < -0.3 is 5.11 Å². The fourth-order valence-electron chi connectivity index (χ4n) is 1.03. The van der Waals surface area contributed by atoms with Gasteiger partial charge in [0.1, 0.15) is 11.6 Å². The SMILES string of the molecule is CC1(F)C=CC=CC1C(=O)O. The molecular weight excluding hydrogens is 147 g/mol. The molecule has 0 amide bonds. The average Bonchev–Trinajstić information content (AvgIpc) is 1.85. The van der Waals surface area contributed by atoms with E-state index in [1.54, 1.807) is 6.08 Å². The monoisotopic (exact) mass is 156 g/mol. The van der Waals surface area contributed by atoms with Gasteiger partial charge in [0.2, 0.25) is 0 Å². The summed E-state index contributed by atoms with van der Waals surface area (Å²) in [7, 11) is 0. The van der Waals surface area contributed by atoms with Crippen LogP contribution in [0.5, 0.6) is 0 Å². The number of allylic oxidation sites excluding steroid dienone is 3. The molecular formula is C8H9FO2. The van der Waals surface area contributed by atoms with E-state index in [9.17, 15) is 9.18 Å². The lowest BCUT2D eigenvalue weighted by molar-refractivity contribution is -0.143. The molecule has 1 aliphatic carbocycles. The summed E-state index contributed by atoms with van der Waals surface area (Å²) in [4.78, 5) is 10.4. The van der Waals surface area contributed by atoms with Crippen LogP contribution < -0.4 is 0 Å². The van der Waals surface area contributed by atoms with Crippen LogP contribution in [0.1, 0.15) is 6.92 Å². The van der Waals surface area contributed by atoms with Crippen molar-refractivity contribution in [1.82, 2.24) is 0 Å². The number of hydrogen-bond acceptors (Lipinski definition) is 1. The highest BCUT2D eigenvalue weighted by atomic mass is 19.1. The fraction of sp³-hybridized carbons (Fsp3) is 0.375. The van der Waals surface area contributed by atoms with Gasteiger partial charge in [-0.3, -0.25) is 4.79 Å². The van der Waals surface area contributed by atoms with E-state index >= 15 is 0 Å². The second-order valence-corrected chi connectivity index (χ2v) is 2.71. The van der Waals surface area contributed by atoms with E-state index in [0.717, 1.165) is 0 Å². The highest BCUT2D eigenvalue weighted by Crippen LogP contribution is 2.28. The van der Waals surface area contributed by atoms with Crippen LogP contribution in [0.25, 0.3) is 0 Å². The molecule has 0 radical (unpaired) electrons. The maximum atomic E-state index is 13.3. The molecule has 2 nitrogen and oxygen atoms in total. The average molecular weight is 156 g/mol. The van der Waals surface area contributed by atoms with Crippen LogP contribution >= 0.6 is 0 Å². The molecule has 3 heteroatoms. The number of carbonyl (C=O) groups is 1. The minimum atomic E-state index is -1.75. The van der Waals surface area contributed by atoms with Crippen LogP contribution in [-0.2, 0) is 4.79 Å². The Labute approximate surface area is 64.0 Å². The van der Waals surface area contributed by atoms with E-state index in [2.05, 4.69) is 0 Å². The Morgan fingerprint density at radius 1 is 1.64 bits per heavy atom. The van der Waals surface area contributed by atoms with Gasteiger partial charge in [0.25, 0.3) is 0 Å². The second-order valence-electron chi connectivity index (χ2n) is 2.71. The number of carboxylic acids is 1. The van der Waals surface area contributed by atoms with Crippen molar-refractivity contribution in [1.29, 1.82) is 0 Å². The van der Waals surface area contributed by atoms with Crippen LogP contribution in [-0.4, -0.2) is 16.7 Å². The fourth-order valence-corrected chi connectivity index (χ4v) is 1.03. The molecule has 0 saturated carbocycles. The Hall–Kier alpha value is -1.12. The van der Waals surface area contributed by atoms with Crippen molar-refractivity contribution in [3.63, 3.8) is 0 Å². The first kappa shape index (κ1) is 7.98. The van der Waals surface area contributed by atoms with Gasteiger partial charge in [0, 0.05) is 0 Å². The first-order chi connectivity index (χ1) is 5.04. The van der Waals surface area contributed by atoms with Crippen molar-refractivity contribution in [3.8, 4) is 0 Å². The summed E-state index contributed by atoms with van der Waals surface area (Å²) >= 11 is 0. The number of carboxylic acid groups (broad SMARTS) is 1. The van der Waals surface area contributed by atoms with E-state index < -0.39 is 17.6 Å². The maximum Gasteiger partial charge on any atom is 0.313 e. The molecule has 2 unspecified atom stereocenters. The number of rotatable bonds is 1. The lowest BCUT2D eigenvalue weighted by Crippen LogP contribution is -2.33. The largest absolute Gasteiger partial charge is 0.481 e. The zero-order chi connectivity index (χ0) is 8.48. The highest BCUT2D eigenvalue weighted by Gasteiger charge is 2.36. The van der Waals surface area contributed by atoms with E-state index in [0.29, 0.717) is 0 Å². The summed E-state index contributed by atoms with van der Waals surface area (Å²) in [5.41, 5.74) is -1.75. The molecule has 0 aromatic rings. The van der Waals surface area contributed by atoms with Crippen LogP contribution in [0.2, 0.25) is 0 Å². The molecule has 11 heavy (non-hydrogen) atoms. The predicted molar refractivity (Wildman–Crippen MR) is 38.9 cm³/mol. The number of hydrogen-bond donors (Lipinski definition) is 1. The van der Waals surface area contributed by atoms with Gasteiger partial charge in [-0.05, 0) is 13.0 Å². The van der Waals surface area contributed by atoms with Crippen molar-refractivity contribution in [2.75, 3.05) is 0 Å². The Morgan fingerprint density at radius 3 is 2.64 bits per heavy atom. The summed E-state index contributed by atoms with van der Waals surface area (Å²) in [6.07, 6.45) is 5.66. The number of aliphatic carboxylic acids is 1. The van der Waals surface area contributed by atoms with E-state index in [4.69, 9.17) is 5.11 Å². The first-order valence-electron chi connectivity index (χ1n) is 3.32. The number of alkyl halides is 1. The van der Waals surface area contributed by atoms with Crippen LogP contribution in [0, 0.1) is 5.92 Å². The van der Waals surface area contributed by atoms with Gasteiger partial charge >= 0.3 is 5.97 Å². The van der Waals surface area contributed by atoms with Crippen molar-refractivity contribution in [2.24, 2.45) is 5.92 Å². The van der Waals surface area contributed by atoms with Gasteiger partial charge in [-0.2, -0.15) is 0 Å². The molecule has 2 atom stereocenters. The Balaban J connectivity index is 2.89. The van der Waals surface area contributed by atoms with Crippen molar-refractivity contribution in [3.05, 3.63) is 24.3 Å². The van der Waals surface area contributed by atoms with Crippen LogP contribution in [0.3, 0.4) is 0 Å². The normalized spacial score (nSPS) is 35.6. The number of halogens is 1. The second kappa shape index (κ2) is 2.49. The Bertz CT molecular complexity index is 228. The molecule has 1 rings (SSSR count). The lowest BCUT2D eigenvalue weighted by Gasteiger charge is -2.23. The standard InChI is InChI=1S/C8H9FO2/c1-8(9)5-3-2-4-6(8)7(10)11/h2-6H,1H3,(H,10,11). The topological polar surface area (TPSA) is 37.3 Å². The molecule has 1 N–H and O–H groups in total. The zero-order valence-electron chi connectivity index (χ0n) is 6.12. The molecule has 0 heterocycles. The lowest BCUT2D eigenvalue weighted by atomic mass is 9.87. The van der Waals surface area contributed by atoms with Gasteiger partial charge in [0.15, 0.2) is 0 Å². The quantitative estimate of drug-likeness (QED) is 0.625. The highest BCUT2D eigenvalue weighted by molar-refractivity contribution is 5.74. The van der Waals surface area contributed by atoms with Crippen LogP contribution in [0.15, 0.2) is 24.3 Å². The third-order valence-electron chi connectivity index (χ3n) is 1.71. The molecule has 0 bridgehead atoms. The van der Waals surface area contributed by atoms with Gasteiger partial charge in [-0.25, -0.2) is 4.39 Å². The molecule has 60 valence electrons. The third-order valence-corrected chi connectivity index (χ3v) is 1.71. The van der Waals surface area contributed by atoms with Gasteiger partial charge in [0.05, 0.1) is 0 Å². The Kier molecular flexibility index (Phi) is 1.81. The van der Waals surface area contributed by atoms with Crippen molar-refractivity contribution >= 4 is 5.97 Å². The molecule has 0 saturated heterocycles. The summed E-state index contributed by atoms with van der Waals surface area (Å²) in [5, 5.41) is 8.55. The molecule has 0 spiro atoms. The predicted octanol–water partition coefficient (Wildman–Crippen LogP) is 1.54. The van der Waals surface area contributed by atoms with Crippen molar-refractivity contribution < 1.29 is 14.3 Å². The molecule has 0 aromatic heterocycles. The molecule has 0 fully saturated rings. The smallest absolute Gasteiger partial charge is 0.313 e. The zero-order valence-corrected chi connectivity index (χ0v) is 6.12. The van der Waals surface area contributed by atoms with Crippen LogP contribution in [0.4, 0.5) is 4.39 Å². The summed E-state index contributed by atoms with van der Waals surface area (Å²) < 4.78 is 13.3. The molecule has 1 aliphatic rings. The van der Waals surface area contributed by atoms with E-state index in [1.165, 1.54) is 25.2 Å². The molecule has 0 aromatic carbocycles. The van der Waals surface area contributed by atoms with Crippen molar-refractivity contribution in [2.45, 2.75) is 12.6 Å². The van der Waals surface area contributed by atoms with E-state index in [-0.39, 0.29) is 0 Å². The minimum Gasteiger partial charge on any atom is -0.481 e. The summed E-state index contributed by atoms with van der Waals surface area (Å²) in [6, 6.07) is 0. The minimum absolute atomic E-state index is 1.05. The molecule has 0 aliphatic heterocycles. The maximum absolute atomic E-state index is 13.3.